The van der Waals surface area contributed by atoms with Gasteiger partial charge in [0.05, 0.1) is 0 Å². The molecule has 3 heteroatoms. The maximum Gasteiger partial charge on any atom is 0.149 e. The Kier molecular flexibility index (Phi) is 2.98. The van der Waals surface area contributed by atoms with E-state index in [4.69, 9.17) is 4.74 Å². The molecule has 0 aromatic heterocycles. The molecule has 0 aliphatic carbocycles. The van der Waals surface area contributed by atoms with Crippen molar-refractivity contribution in [3.63, 3.8) is 0 Å². The van der Waals surface area contributed by atoms with Crippen LogP contribution in [0.5, 0.6) is 0 Å². The Morgan fingerprint density at radius 3 is 1.32 bits per heavy atom. The summed E-state index contributed by atoms with van der Waals surface area (Å²) >= 11 is 0. The number of aliphatic hydroxyl groups excluding tert-OH is 2. The van der Waals surface area contributed by atoms with Crippen molar-refractivity contribution in [2.45, 2.75) is 23.4 Å². The fraction of sp³-hybridized carbons (Fsp3) is 0.182. The molecule has 2 aliphatic rings. The number of hydrogen-bond donors (Lipinski definition) is 2. The lowest BCUT2D eigenvalue weighted by atomic mass is 9.68. The smallest absolute Gasteiger partial charge is 0.149 e. The molecule has 0 spiro atoms. The van der Waals surface area contributed by atoms with Crippen molar-refractivity contribution in [1.82, 2.24) is 0 Å². The normalized spacial score (nSPS) is 32.6. The van der Waals surface area contributed by atoms with Crippen LogP contribution in [-0.2, 0) is 15.9 Å². The van der Waals surface area contributed by atoms with Crippen LogP contribution in [0.15, 0.2) is 84.9 Å². The molecule has 3 aromatic rings. The molecule has 0 radical (unpaired) electrons. The summed E-state index contributed by atoms with van der Waals surface area (Å²) in [6.45, 7) is 0. The lowest BCUT2D eigenvalue weighted by Gasteiger charge is -2.35. The molecule has 2 aliphatic heterocycles. The largest absolute Gasteiger partial charge is 0.386 e. The number of rotatable bonds is 2. The molecule has 1 saturated heterocycles. The van der Waals surface area contributed by atoms with Crippen molar-refractivity contribution < 1.29 is 14.9 Å². The van der Waals surface area contributed by atoms with Gasteiger partial charge in [0.25, 0.3) is 0 Å². The van der Waals surface area contributed by atoms with Gasteiger partial charge in [-0.2, -0.15) is 0 Å². The zero-order valence-corrected chi connectivity index (χ0v) is 13.5. The van der Waals surface area contributed by atoms with E-state index in [0.29, 0.717) is 0 Å². The Labute approximate surface area is 146 Å². The molecule has 0 unspecified atom stereocenters. The average molecular weight is 330 g/mol. The van der Waals surface area contributed by atoms with E-state index in [-0.39, 0.29) is 0 Å². The van der Waals surface area contributed by atoms with Crippen LogP contribution in [0.3, 0.4) is 0 Å². The molecule has 2 N–H and O–H groups in total. The molecule has 1 fully saturated rings. The van der Waals surface area contributed by atoms with Crippen LogP contribution in [0.1, 0.15) is 22.3 Å². The van der Waals surface area contributed by atoms with Crippen LogP contribution < -0.4 is 0 Å². The highest BCUT2D eigenvalue weighted by Gasteiger charge is 2.70. The number of benzene rings is 3. The van der Waals surface area contributed by atoms with Gasteiger partial charge < -0.3 is 14.9 Å². The van der Waals surface area contributed by atoms with Crippen molar-refractivity contribution in [2.75, 3.05) is 0 Å². The van der Waals surface area contributed by atoms with E-state index in [1.165, 1.54) is 0 Å². The molecule has 0 saturated carbocycles. The molecule has 4 atom stereocenters. The van der Waals surface area contributed by atoms with Gasteiger partial charge in [0.1, 0.15) is 23.4 Å². The van der Waals surface area contributed by atoms with E-state index in [1.807, 2.05) is 84.9 Å². The highest BCUT2D eigenvalue weighted by atomic mass is 16.6. The molecule has 25 heavy (non-hydrogen) atoms. The molecular weight excluding hydrogens is 312 g/mol. The molecule has 124 valence electrons. The summed E-state index contributed by atoms with van der Waals surface area (Å²) in [4.78, 5) is 0. The third-order valence-corrected chi connectivity index (χ3v) is 5.59. The van der Waals surface area contributed by atoms with Gasteiger partial charge in [-0.05, 0) is 22.3 Å². The minimum Gasteiger partial charge on any atom is -0.386 e. The van der Waals surface area contributed by atoms with Crippen LogP contribution in [0.2, 0.25) is 0 Å². The summed E-state index contributed by atoms with van der Waals surface area (Å²) in [5.74, 6) is 0. The first-order valence-corrected chi connectivity index (χ1v) is 8.48. The van der Waals surface area contributed by atoms with Crippen molar-refractivity contribution >= 4 is 0 Å². The Balaban J connectivity index is 1.85. The van der Waals surface area contributed by atoms with Crippen LogP contribution in [0.4, 0.5) is 0 Å². The van der Waals surface area contributed by atoms with Crippen molar-refractivity contribution in [3.05, 3.63) is 107 Å². The van der Waals surface area contributed by atoms with Gasteiger partial charge in [0.15, 0.2) is 0 Å². The second kappa shape index (κ2) is 5.02. The summed E-state index contributed by atoms with van der Waals surface area (Å²) in [5, 5.41) is 22.2. The van der Waals surface area contributed by atoms with E-state index in [2.05, 4.69) is 0 Å². The van der Waals surface area contributed by atoms with Gasteiger partial charge in [0, 0.05) is 0 Å². The number of aliphatic hydroxyl groups is 2. The Hall–Kier alpha value is -2.46. The Morgan fingerprint density at radius 2 is 0.920 bits per heavy atom. The molecular formula is C22H18O3. The second-order valence-corrected chi connectivity index (χ2v) is 6.74. The van der Waals surface area contributed by atoms with Gasteiger partial charge in [-0.1, -0.05) is 84.9 Å². The number of fused-ring (bicyclic) bond motifs is 5. The van der Waals surface area contributed by atoms with Crippen LogP contribution in [-0.4, -0.2) is 22.4 Å². The molecule has 3 aromatic carbocycles. The highest BCUT2D eigenvalue weighted by Crippen LogP contribution is 2.63. The maximum atomic E-state index is 11.1. The summed E-state index contributed by atoms with van der Waals surface area (Å²) < 4.78 is 6.61. The van der Waals surface area contributed by atoms with Gasteiger partial charge in [0.2, 0.25) is 0 Å². The first kappa shape index (κ1) is 14.8. The zero-order valence-electron chi connectivity index (χ0n) is 13.5. The van der Waals surface area contributed by atoms with E-state index < -0.39 is 23.4 Å². The van der Waals surface area contributed by atoms with Gasteiger partial charge >= 0.3 is 0 Å². The van der Waals surface area contributed by atoms with E-state index >= 15 is 0 Å². The van der Waals surface area contributed by atoms with E-state index in [9.17, 15) is 10.2 Å². The summed E-state index contributed by atoms with van der Waals surface area (Å²) in [5.41, 5.74) is 1.42. The van der Waals surface area contributed by atoms with Gasteiger partial charge in [-0.3, -0.25) is 0 Å². The van der Waals surface area contributed by atoms with E-state index in [1.54, 1.807) is 0 Å². The van der Waals surface area contributed by atoms with Gasteiger partial charge in [-0.25, -0.2) is 0 Å². The van der Waals surface area contributed by atoms with E-state index in [0.717, 1.165) is 22.3 Å². The number of ether oxygens (including phenoxy) is 1. The SMILES string of the molecule is O[C@@H]1[C@H](O)[C@@]2(c3ccccc3)O[C@]1(c1ccccc1)c1ccccc12. The summed E-state index contributed by atoms with van der Waals surface area (Å²) in [6, 6.07) is 27.2. The predicted molar refractivity (Wildman–Crippen MR) is 94.0 cm³/mol. The monoisotopic (exact) mass is 330 g/mol. The van der Waals surface area contributed by atoms with Crippen LogP contribution >= 0.6 is 0 Å². The lowest BCUT2D eigenvalue weighted by Crippen LogP contribution is -2.48. The van der Waals surface area contributed by atoms with Crippen LogP contribution in [0.25, 0.3) is 0 Å². The minimum absolute atomic E-state index is 0.851. The highest BCUT2D eigenvalue weighted by molar-refractivity contribution is 5.58. The molecule has 2 bridgehead atoms. The first-order valence-electron chi connectivity index (χ1n) is 8.48. The fourth-order valence-electron chi connectivity index (χ4n) is 4.52. The summed E-state index contributed by atoms with van der Waals surface area (Å²) in [7, 11) is 0. The molecule has 2 heterocycles. The molecule has 3 nitrogen and oxygen atoms in total. The average Bonchev–Trinajstić information content (AvgIpc) is 3.13. The molecule has 5 rings (SSSR count). The maximum absolute atomic E-state index is 11.1. The van der Waals surface area contributed by atoms with Crippen molar-refractivity contribution in [3.8, 4) is 0 Å². The minimum atomic E-state index is -1.06. The van der Waals surface area contributed by atoms with Crippen molar-refractivity contribution in [2.24, 2.45) is 0 Å². The standard InChI is InChI=1S/C22H18O3/c23-19-20(24)22(16-11-5-2-6-12-16)18-14-8-7-13-17(18)21(19,25-22)15-9-3-1-4-10-15/h1-14,19-20,23-24H/t19-,20+,21-,22+. The fourth-order valence-corrected chi connectivity index (χ4v) is 4.52. The third kappa shape index (κ3) is 1.65. The second-order valence-electron chi connectivity index (χ2n) is 6.74. The Bertz CT molecular complexity index is 848. The summed E-state index contributed by atoms with van der Waals surface area (Å²) in [6.07, 6.45) is -2.10. The topological polar surface area (TPSA) is 49.7 Å². The quantitative estimate of drug-likeness (QED) is 0.759. The molecule has 0 amide bonds. The van der Waals surface area contributed by atoms with Gasteiger partial charge in [-0.15, -0.1) is 0 Å². The lowest BCUT2D eigenvalue weighted by molar-refractivity contribution is -0.0736. The first-order chi connectivity index (χ1) is 12.2. The van der Waals surface area contributed by atoms with Crippen LogP contribution in [0, 0.1) is 0 Å². The predicted octanol–water partition coefficient (Wildman–Crippen LogP) is 2.94. The third-order valence-electron chi connectivity index (χ3n) is 5.59. The zero-order chi connectivity index (χ0) is 17.1. The van der Waals surface area contributed by atoms with Crippen molar-refractivity contribution in [1.29, 1.82) is 0 Å². The number of hydrogen-bond acceptors (Lipinski definition) is 3. The Morgan fingerprint density at radius 1 is 0.560 bits per heavy atom.